The molecule has 0 bridgehead atoms. The number of carbonyl (C=O) groups excluding carboxylic acids is 2. The molecule has 130 valence electrons. The van der Waals surface area contributed by atoms with Crippen molar-refractivity contribution in [2.75, 3.05) is 26.2 Å². The Morgan fingerprint density at radius 2 is 2.25 bits per heavy atom. The number of carbonyl (C=O) groups is 2. The molecule has 7 heteroatoms. The van der Waals surface area contributed by atoms with Crippen LogP contribution in [-0.2, 0) is 9.53 Å². The highest BCUT2D eigenvalue weighted by Gasteiger charge is 2.48. The fourth-order valence-corrected chi connectivity index (χ4v) is 3.27. The first-order chi connectivity index (χ1) is 11.6. The van der Waals surface area contributed by atoms with Crippen molar-refractivity contribution >= 4 is 11.8 Å². The first-order valence-electron chi connectivity index (χ1n) is 8.58. The molecule has 1 spiro atoms. The molecule has 7 nitrogen and oxygen atoms in total. The topological polar surface area (TPSA) is 84.4 Å². The summed E-state index contributed by atoms with van der Waals surface area (Å²) in [6, 6.07) is 0. The molecule has 3 heterocycles. The maximum atomic E-state index is 12.0. The third-order valence-corrected chi connectivity index (χ3v) is 4.76. The molecule has 2 fully saturated rings. The van der Waals surface area contributed by atoms with Crippen molar-refractivity contribution < 1.29 is 14.3 Å². The molecule has 1 atom stereocenters. The molecule has 1 N–H and O–H groups in total. The summed E-state index contributed by atoms with van der Waals surface area (Å²) in [6.07, 6.45) is 7.94. The average molecular weight is 332 g/mol. The number of ether oxygens (including phenoxy) is 1. The van der Waals surface area contributed by atoms with Gasteiger partial charge in [-0.3, -0.25) is 14.6 Å². The summed E-state index contributed by atoms with van der Waals surface area (Å²) >= 11 is 0. The van der Waals surface area contributed by atoms with Gasteiger partial charge >= 0.3 is 0 Å². The van der Waals surface area contributed by atoms with Crippen LogP contribution in [0.2, 0.25) is 0 Å². The smallest absolute Gasteiger partial charge is 0.271 e. The normalized spacial score (nSPS) is 22.0. The lowest BCUT2D eigenvalue weighted by atomic mass is 9.82. The van der Waals surface area contributed by atoms with Gasteiger partial charge in [-0.2, -0.15) is 0 Å². The van der Waals surface area contributed by atoms with E-state index in [9.17, 15) is 9.59 Å². The molecule has 2 aliphatic rings. The Kier molecular flexibility index (Phi) is 5.08. The van der Waals surface area contributed by atoms with E-state index in [-0.39, 0.29) is 17.4 Å². The third-order valence-electron chi connectivity index (χ3n) is 4.76. The van der Waals surface area contributed by atoms with Gasteiger partial charge in [0.1, 0.15) is 11.3 Å². The van der Waals surface area contributed by atoms with E-state index in [1.54, 1.807) is 6.20 Å². The molecule has 3 rings (SSSR count). The van der Waals surface area contributed by atoms with Gasteiger partial charge in [0.05, 0.1) is 25.9 Å². The molecule has 1 aromatic rings. The van der Waals surface area contributed by atoms with Gasteiger partial charge in [0.2, 0.25) is 5.91 Å². The van der Waals surface area contributed by atoms with Crippen molar-refractivity contribution in [3.8, 4) is 0 Å². The van der Waals surface area contributed by atoms with Crippen LogP contribution in [-0.4, -0.2) is 58.5 Å². The van der Waals surface area contributed by atoms with Gasteiger partial charge in [0.25, 0.3) is 5.91 Å². The Labute approximate surface area is 141 Å². The van der Waals surface area contributed by atoms with E-state index in [1.165, 1.54) is 12.4 Å². The Hall–Kier alpha value is -2.02. The quantitative estimate of drug-likeness (QED) is 0.870. The molecule has 1 aromatic heterocycles. The van der Waals surface area contributed by atoms with Crippen LogP contribution in [0, 0.1) is 5.92 Å². The second-order valence-electron chi connectivity index (χ2n) is 6.70. The standard InChI is InChI=1S/C17H24N4O3/c1-2-3-15(22)21-11-17(12-21)5-4-13(10-24-17)8-20-16(23)14-9-18-6-7-19-14/h6-7,9,13H,2-5,8,10-12H2,1H3,(H,20,23)/t13-/m0/s1. The zero-order valence-corrected chi connectivity index (χ0v) is 14.0. The third kappa shape index (κ3) is 3.72. The van der Waals surface area contributed by atoms with E-state index < -0.39 is 0 Å². The summed E-state index contributed by atoms with van der Waals surface area (Å²) in [4.78, 5) is 33.6. The predicted molar refractivity (Wildman–Crippen MR) is 87.3 cm³/mol. The molecular weight excluding hydrogens is 308 g/mol. The van der Waals surface area contributed by atoms with E-state index in [0.717, 1.165) is 19.3 Å². The van der Waals surface area contributed by atoms with Crippen LogP contribution in [0.1, 0.15) is 43.1 Å². The molecular formula is C17H24N4O3. The van der Waals surface area contributed by atoms with Gasteiger partial charge in [0.15, 0.2) is 0 Å². The summed E-state index contributed by atoms with van der Waals surface area (Å²) in [5, 5.41) is 2.89. The first-order valence-corrected chi connectivity index (χ1v) is 8.58. The molecule has 2 saturated heterocycles. The maximum absolute atomic E-state index is 12.0. The summed E-state index contributed by atoms with van der Waals surface area (Å²) in [5.41, 5.74) is 0.184. The highest BCUT2D eigenvalue weighted by atomic mass is 16.5. The van der Waals surface area contributed by atoms with Gasteiger partial charge in [-0.15, -0.1) is 0 Å². The van der Waals surface area contributed by atoms with Gasteiger partial charge in [-0.1, -0.05) is 6.92 Å². The summed E-state index contributed by atoms with van der Waals surface area (Å²) in [6.45, 7) is 4.64. The lowest BCUT2D eigenvalue weighted by molar-refractivity contribution is -0.188. The monoisotopic (exact) mass is 332 g/mol. The molecule has 0 saturated carbocycles. The molecule has 2 aliphatic heterocycles. The number of hydrogen-bond acceptors (Lipinski definition) is 5. The molecule has 0 radical (unpaired) electrons. The SMILES string of the molecule is CCCC(=O)N1CC2(CC[C@@H](CNC(=O)c3cnccn3)CO2)C1. The molecule has 0 unspecified atom stereocenters. The number of nitrogens with zero attached hydrogens (tertiary/aromatic N) is 3. The van der Waals surface area contributed by atoms with Crippen LogP contribution in [0.25, 0.3) is 0 Å². The van der Waals surface area contributed by atoms with E-state index in [4.69, 9.17) is 4.74 Å². The molecule has 24 heavy (non-hydrogen) atoms. The lowest BCUT2D eigenvalue weighted by Crippen LogP contribution is -2.66. The van der Waals surface area contributed by atoms with E-state index in [1.807, 2.05) is 11.8 Å². The summed E-state index contributed by atoms with van der Waals surface area (Å²) in [5.74, 6) is 0.324. The minimum Gasteiger partial charge on any atom is -0.371 e. The van der Waals surface area contributed by atoms with Crippen LogP contribution in [0.4, 0.5) is 0 Å². The minimum absolute atomic E-state index is 0.144. The zero-order valence-electron chi connectivity index (χ0n) is 14.0. The molecule has 0 aliphatic carbocycles. The van der Waals surface area contributed by atoms with Crippen molar-refractivity contribution in [3.63, 3.8) is 0 Å². The van der Waals surface area contributed by atoms with E-state index >= 15 is 0 Å². The average Bonchev–Trinajstić information content (AvgIpc) is 2.59. The van der Waals surface area contributed by atoms with Crippen LogP contribution in [0.5, 0.6) is 0 Å². The van der Waals surface area contributed by atoms with Crippen molar-refractivity contribution in [1.29, 1.82) is 0 Å². The van der Waals surface area contributed by atoms with Gasteiger partial charge in [-0.25, -0.2) is 4.98 Å². The summed E-state index contributed by atoms with van der Waals surface area (Å²) < 4.78 is 6.04. The number of hydrogen-bond donors (Lipinski definition) is 1. The van der Waals surface area contributed by atoms with E-state index in [0.29, 0.717) is 44.3 Å². The first kappa shape index (κ1) is 16.8. The number of likely N-dealkylation sites (tertiary alicyclic amines) is 1. The van der Waals surface area contributed by atoms with Crippen LogP contribution < -0.4 is 5.32 Å². The zero-order chi connectivity index (χ0) is 17.0. The predicted octanol–water partition coefficient (Wildman–Crippen LogP) is 1.01. The van der Waals surface area contributed by atoms with Crippen molar-refractivity contribution in [3.05, 3.63) is 24.3 Å². The molecule has 0 aromatic carbocycles. The van der Waals surface area contributed by atoms with E-state index in [2.05, 4.69) is 15.3 Å². The Morgan fingerprint density at radius 1 is 1.42 bits per heavy atom. The number of amides is 2. The molecule has 2 amide bonds. The maximum Gasteiger partial charge on any atom is 0.271 e. The summed E-state index contributed by atoms with van der Waals surface area (Å²) in [7, 11) is 0. The fourth-order valence-electron chi connectivity index (χ4n) is 3.27. The second kappa shape index (κ2) is 7.25. The van der Waals surface area contributed by atoms with Crippen molar-refractivity contribution in [2.45, 2.75) is 38.2 Å². The van der Waals surface area contributed by atoms with Gasteiger partial charge < -0.3 is 15.0 Å². The lowest BCUT2D eigenvalue weighted by Gasteiger charge is -2.52. The van der Waals surface area contributed by atoms with Gasteiger partial charge in [-0.05, 0) is 25.2 Å². The van der Waals surface area contributed by atoms with Crippen LogP contribution in [0.3, 0.4) is 0 Å². The van der Waals surface area contributed by atoms with Crippen molar-refractivity contribution in [2.24, 2.45) is 5.92 Å². The highest BCUT2D eigenvalue weighted by molar-refractivity contribution is 5.91. The fraction of sp³-hybridized carbons (Fsp3) is 0.647. The highest BCUT2D eigenvalue weighted by Crippen LogP contribution is 2.36. The van der Waals surface area contributed by atoms with Crippen molar-refractivity contribution in [1.82, 2.24) is 20.2 Å². The number of rotatable bonds is 5. The largest absolute Gasteiger partial charge is 0.371 e. The van der Waals surface area contributed by atoms with Crippen LogP contribution in [0.15, 0.2) is 18.6 Å². The van der Waals surface area contributed by atoms with Gasteiger partial charge in [0, 0.05) is 25.4 Å². The second-order valence-corrected chi connectivity index (χ2v) is 6.70. The Bertz CT molecular complexity index is 577. The minimum atomic E-state index is -0.205. The Morgan fingerprint density at radius 3 is 2.88 bits per heavy atom. The number of nitrogens with one attached hydrogen (secondary N) is 1. The Balaban J connectivity index is 1.39. The van der Waals surface area contributed by atoms with Crippen LogP contribution >= 0.6 is 0 Å². The number of aromatic nitrogens is 2.